The lowest BCUT2D eigenvalue weighted by molar-refractivity contribution is 0.200. The number of halogens is 2. The zero-order chi connectivity index (χ0) is 24.4. The first-order chi connectivity index (χ1) is 17.0. The molecule has 5 rings (SSSR count). The van der Waals surface area contributed by atoms with E-state index in [0.717, 1.165) is 33.9 Å². The minimum atomic E-state index is -0.635. The molecule has 0 bridgehead atoms. The Morgan fingerprint density at radius 3 is 2.44 bits per heavy atom. The van der Waals surface area contributed by atoms with Crippen LogP contribution < -0.4 is 10.2 Å². The molecule has 1 saturated heterocycles. The molecule has 1 fully saturated rings. The fourth-order valence-electron chi connectivity index (χ4n) is 4.45. The summed E-state index contributed by atoms with van der Waals surface area (Å²) in [5.41, 5.74) is 2.10. The molecular formula is C27H24ClFN6O. The molecule has 4 aromatic rings. The molecule has 9 heteroatoms. The van der Waals surface area contributed by atoms with E-state index in [0.29, 0.717) is 19.6 Å². The molecule has 1 aromatic heterocycles. The summed E-state index contributed by atoms with van der Waals surface area (Å²) in [6, 6.07) is 23.5. The van der Waals surface area contributed by atoms with Crippen molar-refractivity contribution in [3.63, 3.8) is 0 Å². The molecule has 2 heterocycles. The number of nitrogens with one attached hydrogen (secondary N) is 1. The molecule has 2 amide bonds. The van der Waals surface area contributed by atoms with E-state index in [1.165, 1.54) is 12.1 Å². The highest BCUT2D eigenvalue weighted by molar-refractivity contribution is 6.00. The molecule has 0 saturated carbocycles. The number of nitrogens with zero attached hydrogens (tertiary/aromatic N) is 5. The number of rotatable bonds is 3. The maximum absolute atomic E-state index is 14.2. The zero-order valence-corrected chi connectivity index (χ0v) is 20.4. The van der Waals surface area contributed by atoms with Gasteiger partial charge in [0.05, 0.1) is 17.3 Å². The summed E-state index contributed by atoms with van der Waals surface area (Å²) >= 11 is 0. The Morgan fingerprint density at radius 2 is 1.75 bits per heavy atom. The molecule has 0 spiro atoms. The lowest BCUT2D eigenvalue weighted by Crippen LogP contribution is -2.55. The van der Waals surface area contributed by atoms with Crippen molar-refractivity contribution in [3.8, 4) is 17.3 Å². The summed E-state index contributed by atoms with van der Waals surface area (Å²) in [4.78, 5) is 16.6. The van der Waals surface area contributed by atoms with Gasteiger partial charge in [0.15, 0.2) is 5.82 Å². The summed E-state index contributed by atoms with van der Waals surface area (Å²) < 4.78 is 14.2. The summed E-state index contributed by atoms with van der Waals surface area (Å²) in [7, 11) is 0. The number of benzene rings is 3. The molecule has 1 atom stereocenters. The van der Waals surface area contributed by atoms with Crippen LogP contribution in [-0.4, -0.2) is 46.8 Å². The molecule has 1 aliphatic heterocycles. The molecule has 0 unspecified atom stereocenters. The molecule has 1 N–H and O–H groups in total. The molecule has 182 valence electrons. The van der Waals surface area contributed by atoms with Crippen molar-refractivity contribution in [1.82, 2.24) is 15.1 Å². The quantitative estimate of drug-likeness (QED) is 0.401. The Balaban J connectivity index is 0.00000304. The highest BCUT2D eigenvalue weighted by atomic mass is 35.5. The minimum absolute atomic E-state index is 0. The normalized spacial score (nSPS) is 15.2. The predicted molar refractivity (Wildman–Crippen MR) is 141 cm³/mol. The first-order valence-corrected chi connectivity index (χ1v) is 11.4. The summed E-state index contributed by atoms with van der Waals surface area (Å²) in [5.74, 6) is 0.148. The third kappa shape index (κ3) is 4.79. The van der Waals surface area contributed by atoms with Crippen molar-refractivity contribution in [2.24, 2.45) is 0 Å². The van der Waals surface area contributed by atoms with Crippen LogP contribution in [0.5, 0.6) is 0 Å². The fourth-order valence-corrected chi connectivity index (χ4v) is 4.45. The van der Waals surface area contributed by atoms with Gasteiger partial charge in [-0.2, -0.15) is 5.26 Å². The summed E-state index contributed by atoms with van der Waals surface area (Å²) in [5, 5.41) is 22.7. The minimum Gasteiger partial charge on any atom is -0.348 e. The molecule has 36 heavy (non-hydrogen) atoms. The maximum atomic E-state index is 14.2. The average molecular weight is 503 g/mol. The third-order valence-electron chi connectivity index (χ3n) is 6.24. The number of hydrogen-bond donors (Lipinski definition) is 1. The smallest absolute Gasteiger partial charge is 0.322 e. The van der Waals surface area contributed by atoms with Gasteiger partial charge >= 0.3 is 6.03 Å². The van der Waals surface area contributed by atoms with Crippen molar-refractivity contribution >= 4 is 40.7 Å². The van der Waals surface area contributed by atoms with Gasteiger partial charge < -0.3 is 15.1 Å². The number of amides is 2. The number of aromatic nitrogens is 2. The number of hydrogen-bond acceptors (Lipinski definition) is 5. The van der Waals surface area contributed by atoms with Crippen molar-refractivity contribution < 1.29 is 9.18 Å². The number of anilines is 2. The standard InChI is InChI=1S/C27H23FN6O.ClH/c1-18-17-33(27(35)30-24-12-11-19(16-29)15-23(24)28)13-14-34(18)26-22-10-6-5-9-21(22)25(31-32-26)20-7-3-2-4-8-20;/h2-12,15,18H,13-14,17H2,1H3,(H,30,35);1H/t18-;/m0./s1. The molecule has 0 aliphatic carbocycles. The van der Waals surface area contributed by atoms with E-state index < -0.39 is 5.82 Å². The van der Waals surface area contributed by atoms with E-state index >= 15 is 0 Å². The first-order valence-electron chi connectivity index (χ1n) is 11.4. The van der Waals surface area contributed by atoms with Gasteiger partial charge in [0, 0.05) is 42.0 Å². The van der Waals surface area contributed by atoms with Gasteiger partial charge in [-0.15, -0.1) is 22.6 Å². The predicted octanol–water partition coefficient (Wildman–Crippen LogP) is 5.47. The largest absolute Gasteiger partial charge is 0.348 e. The second-order valence-electron chi connectivity index (χ2n) is 8.51. The van der Waals surface area contributed by atoms with E-state index in [2.05, 4.69) is 26.5 Å². The molecule has 7 nitrogen and oxygen atoms in total. The van der Waals surface area contributed by atoms with Crippen LogP contribution in [0.1, 0.15) is 12.5 Å². The Hall–Kier alpha value is -4.22. The van der Waals surface area contributed by atoms with Crippen molar-refractivity contribution in [1.29, 1.82) is 5.26 Å². The zero-order valence-electron chi connectivity index (χ0n) is 19.6. The highest BCUT2D eigenvalue weighted by Gasteiger charge is 2.29. The van der Waals surface area contributed by atoms with Gasteiger partial charge in [0.2, 0.25) is 0 Å². The topological polar surface area (TPSA) is 85.2 Å². The van der Waals surface area contributed by atoms with Crippen LogP contribution >= 0.6 is 12.4 Å². The Bertz CT molecular complexity index is 1440. The van der Waals surface area contributed by atoms with Crippen molar-refractivity contribution in [2.75, 3.05) is 29.9 Å². The molecule has 0 radical (unpaired) electrons. The Morgan fingerprint density at radius 1 is 1.03 bits per heavy atom. The van der Waals surface area contributed by atoms with Crippen LogP contribution in [-0.2, 0) is 0 Å². The second-order valence-corrected chi connectivity index (χ2v) is 8.51. The molecular weight excluding hydrogens is 479 g/mol. The fraction of sp³-hybridized carbons (Fsp3) is 0.185. The van der Waals surface area contributed by atoms with Crippen LogP contribution in [0.3, 0.4) is 0 Å². The van der Waals surface area contributed by atoms with Gasteiger partial charge in [-0.3, -0.25) is 0 Å². The summed E-state index contributed by atoms with van der Waals surface area (Å²) in [6.07, 6.45) is 0. The third-order valence-corrected chi connectivity index (χ3v) is 6.24. The van der Waals surface area contributed by atoms with Gasteiger partial charge in [0.1, 0.15) is 11.5 Å². The highest BCUT2D eigenvalue weighted by Crippen LogP contribution is 2.32. The number of carbonyl (C=O) groups excluding carboxylic acids is 1. The number of carbonyl (C=O) groups is 1. The number of piperazine rings is 1. The maximum Gasteiger partial charge on any atom is 0.322 e. The van der Waals surface area contributed by atoms with Crippen LogP contribution in [0.2, 0.25) is 0 Å². The lowest BCUT2D eigenvalue weighted by Gasteiger charge is -2.40. The lowest BCUT2D eigenvalue weighted by atomic mass is 10.0. The number of nitriles is 1. The van der Waals surface area contributed by atoms with E-state index in [-0.39, 0.29) is 35.7 Å². The van der Waals surface area contributed by atoms with Crippen LogP contribution in [0.15, 0.2) is 72.8 Å². The van der Waals surface area contributed by atoms with E-state index in [1.807, 2.05) is 61.5 Å². The van der Waals surface area contributed by atoms with Gasteiger partial charge in [-0.05, 0) is 25.1 Å². The van der Waals surface area contributed by atoms with Crippen LogP contribution in [0.25, 0.3) is 22.0 Å². The monoisotopic (exact) mass is 502 g/mol. The van der Waals surface area contributed by atoms with Gasteiger partial charge in [-0.1, -0.05) is 54.6 Å². The van der Waals surface area contributed by atoms with Crippen LogP contribution in [0.4, 0.5) is 20.7 Å². The molecule has 1 aliphatic rings. The first kappa shape index (κ1) is 24.9. The van der Waals surface area contributed by atoms with Crippen molar-refractivity contribution in [3.05, 3.63) is 84.2 Å². The molecule has 3 aromatic carbocycles. The van der Waals surface area contributed by atoms with Crippen LogP contribution in [0, 0.1) is 17.1 Å². The number of fused-ring (bicyclic) bond motifs is 1. The number of urea groups is 1. The van der Waals surface area contributed by atoms with E-state index in [4.69, 9.17) is 5.26 Å². The Labute approximate surface area is 214 Å². The van der Waals surface area contributed by atoms with Gasteiger partial charge in [0.25, 0.3) is 0 Å². The average Bonchev–Trinajstić information content (AvgIpc) is 2.89. The SMILES string of the molecule is C[C@H]1CN(C(=O)Nc2ccc(C#N)cc2F)CCN1c1nnc(-c2ccccc2)c2ccccc12.Cl. The van der Waals surface area contributed by atoms with E-state index in [9.17, 15) is 9.18 Å². The summed E-state index contributed by atoms with van der Waals surface area (Å²) in [6.45, 7) is 3.49. The Kier molecular flexibility index (Phi) is 7.32. The van der Waals surface area contributed by atoms with Crippen molar-refractivity contribution in [2.45, 2.75) is 13.0 Å². The van der Waals surface area contributed by atoms with E-state index in [1.54, 1.807) is 4.90 Å². The second kappa shape index (κ2) is 10.6. The van der Waals surface area contributed by atoms with Gasteiger partial charge in [-0.25, -0.2) is 9.18 Å².